The van der Waals surface area contributed by atoms with Crippen molar-refractivity contribution in [1.29, 1.82) is 0 Å². The van der Waals surface area contributed by atoms with Gasteiger partial charge in [-0.1, -0.05) is 0 Å². The first-order chi connectivity index (χ1) is 13.4. The fourth-order valence-electron chi connectivity index (χ4n) is 3.03. The lowest BCUT2D eigenvalue weighted by Crippen LogP contribution is -2.38. The molecule has 0 saturated carbocycles. The lowest BCUT2D eigenvalue weighted by atomic mass is 10.1. The minimum Gasteiger partial charge on any atom is -0.377 e. The molecule has 0 bridgehead atoms. The van der Waals surface area contributed by atoms with Crippen LogP contribution in [-0.4, -0.2) is 43.8 Å². The summed E-state index contributed by atoms with van der Waals surface area (Å²) < 4.78 is 47.8. The molecule has 28 heavy (non-hydrogen) atoms. The van der Waals surface area contributed by atoms with Crippen molar-refractivity contribution in [2.45, 2.75) is 18.3 Å². The zero-order valence-corrected chi connectivity index (χ0v) is 14.4. The van der Waals surface area contributed by atoms with E-state index < -0.39 is 29.4 Å². The van der Waals surface area contributed by atoms with Gasteiger partial charge < -0.3 is 10.1 Å². The highest BCUT2D eigenvalue weighted by Crippen LogP contribution is 2.34. The summed E-state index contributed by atoms with van der Waals surface area (Å²) in [5.74, 6) is 0.0934. The summed E-state index contributed by atoms with van der Waals surface area (Å²) in [6.07, 6.45) is -0.0484. The number of anilines is 1. The van der Waals surface area contributed by atoms with Crippen molar-refractivity contribution in [3.63, 3.8) is 0 Å². The van der Waals surface area contributed by atoms with Crippen LogP contribution >= 0.6 is 0 Å². The molecular weight excluding hydrogens is 377 g/mol. The molecule has 1 aliphatic heterocycles. The summed E-state index contributed by atoms with van der Waals surface area (Å²) in [4.78, 5) is 16.2. The van der Waals surface area contributed by atoms with E-state index in [0.717, 1.165) is 6.07 Å². The zero-order valence-electron chi connectivity index (χ0n) is 14.4. The van der Waals surface area contributed by atoms with Crippen molar-refractivity contribution in [1.82, 2.24) is 24.5 Å². The van der Waals surface area contributed by atoms with Crippen molar-refractivity contribution in [3.8, 4) is 5.82 Å². The average Bonchev–Trinajstić information content (AvgIpc) is 3.34. The Morgan fingerprint density at radius 3 is 2.75 bits per heavy atom. The van der Waals surface area contributed by atoms with Gasteiger partial charge in [0.1, 0.15) is 11.9 Å². The van der Waals surface area contributed by atoms with Gasteiger partial charge in [-0.05, 0) is 24.3 Å². The molecule has 2 atom stereocenters. The second kappa shape index (κ2) is 7.08. The first-order valence-corrected chi connectivity index (χ1v) is 8.40. The van der Waals surface area contributed by atoms with Crippen LogP contribution in [0, 0.1) is 0 Å². The quantitative estimate of drug-likeness (QED) is 0.730. The zero-order chi connectivity index (χ0) is 19.7. The molecule has 3 aromatic rings. The van der Waals surface area contributed by atoms with Crippen LogP contribution in [0.1, 0.15) is 11.6 Å². The van der Waals surface area contributed by atoms with Crippen LogP contribution in [0.15, 0.2) is 53.7 Å². The number of pyridine rings is 1. The average molecular weight is 392 g/mol. The Morgan fingerprint density at radius 2 is 2.00 bits per heavy atom. The van der Waals surface area contributed by atoms with E-state index in [0.29, 0.717) is 5.82 Å². The molecule has 1 aliphatic rings. The number of hydrogen-bond donors (Lipinski definition) is 1. The van der Waals surface area contributed by atoms with Gasteiger partial charge in [0, 0.05) is 24.7 Å². The maximum Gasteiger partial charge on any atom is 0.419 e. The molecule has 11 heteroatoms. The smallest absolute Gasteiger partial charge is 0.377 e. The fraction of sp³-hybridized carbons (Fsp3) is 0.294. The monoisotopic (exact) mass is 392 g/mol. The van der Waals surface area contributed by atoms with Crippen LogP contribution in [0.2, 0.25) is 0 Å². The number of rotatable bonds is 4. The summed E-state index contributed by atoms with van der Waals surface area (Å²) in [5.41, 5.74) is -1.28. The second-order valence-corrected chi connectivity index (χ2v) is 6.18. The van der Waals surface area contributed by atoms with Gasteiger partial charge in [-0.2, -0.15) is 18.3 Å². The number of ether oxygens (including phenoxy) is 1. The Bertz CT molecular complexity index is 1020. The van der Waals surface area contributed by atoms with Crippen molar-refractivity contribution >= 4 is 5.82 Å². The van der Waals surface area contributed by atoms with E-state index in [1.807, 2.05) is 0 Å². The second-order valence-electron chi connectivity index (χ2n) is 6.18. The van der Waals surface area contributed by atoms with E-state index in [1.54, 1.807) is 18.5 Å². The summed E-state index contributed by atoms with van der Waals surface area (Å²) in [5, 5.41) is 11.1. The van der Waals surface area contributed by atoms with E-state index in [1.165, 1.54) is 33.8 Å². The maximum atomic E-state index is 13.2. The summed E-state index contributed by atoms with van der Waals surface area (Å²) in [7, 11) is 0. The molecule has 4 rings (SSSR count). The van der Waals surface area contributed by atoms with Gasteiger partial charge in [0.25, 0.3) is 5.56 Å². The Hall–Kier alpha value is -3.21. The van der Waals surface area contributed by atoms with Gasteiger partial charge in [0.2, 0.25) is 0 Å². The van der Waals surface area contributed by atoms with Crippen molar-refractivity contribution in [3.05, 3.63) is 64.8 Å². The largest absolute Gasteiger partial charge is 0.419 e. The first kappa shape index (κ1) is 18.2. The van der Waals surface area contributed by atoms with Gasteiger partial charge in [0.15, 0.2) is 5.82 Å². The number of aromatic nitrogens is 5. The van der Waals surface area contributed by atoms with Crippen LogP contribution < -0.4 is 10.9 Å². The highest BCUT2D eigenvalue weighted by Gasteiger charge is 2.37. The summed E-state index contributed by atoms with van der Waals surface area (Å²) >= 11 is 0. The fourth-order valence-corrected chi connectivity index (χ4v) is 3.03. The summed E-state index contributed by atoms with van der Waals surface area (Å²) in [6, 6.07) is 5.51. The standard InChI is InChI=1S/C17H15F3N6O2/c18-17(19,20)11-3-1-6-21-16(11)23-12-9-28-10-13(12)26-15(27)5-4-14(24-26)25-8-2-7-22-25/h1-8,12-13H,9-10H2,(H,21,23). The normalized spacial score (nSPS) is 19.7. The Balaban J connectivity index is 1.65. The number of halogens is 3. The van der Waals surface area contributed by atoms with Gasteiger partial charge in [0.05, 0.1) is 24.8 Å². The molecule has 146 valence electrons. The predicted molar refractivity (Wildman–Crippen MR) is 92.1 cm³/mol. The molecule has 0 spiro atoms. The lowest BCUT2D eigenvalue weighted by Gasteiger charge is -2.22. The third-order valence-corrected chi connectivity index (χ3v) is 4.35. The van der Waals surface area contributed by atoms with Crippen molar-refractivity contribution in [2.75, 3.05) is 18.5 Å². The molecule has 0 amide bonds. The molecule has 2 unspecified atom stereocenters. The van der Waals surface area contributed by atoms with Gasteiger partial charge in [-0.3, -0.25) is 4.79 Å². The topological polar surface area (TPSA) is 86.9 Å². The lowest BCUT2D eigenvalue weighted by molar-refractivity contribution is -0.137. The highest BCUT2D eigenvalue weighted by molar-refractivity contribution is 5.46. The minimum atomic E-state index is -4.55. The Labute approximate surface area is 156 Å². The molecule has 0 radical (unpaired) electrons. The van der Waals surface area contributed by atoms with E-state index in [4.69, 9.17) is 4.74 Å². The first-order valence-electron chi connectivity index (χ1n) is 8.40. The van der Waals surface area contributed by atoms with Crippen LogP contribution in [0.25, 0.3) is 5.82 Å². The van der Waals surface area contributed by atoms with Crippen LogP contribution in [-0.2, 0) is 10.9 Å². The molecule has 1 N–H and O–H groups in total. The molecular formula is C17H15F3N6O2. The van der Waals surface area contributed by atoms with Gasteiger partial charge >= 0.3 is 6.18 Å². The van der Waals surface area contributed by atoms with E-state index in [2.05, 4.69) is 20.5 Å². The molecule has 1 saturated heterocycles. The SMILES string of the molecule is O=c1ccc(-n2cccn2)nn1C1COCC1Nc1ncccc1C(F)(F)F. The van der Waals surface area contributed by atoms with Crippen LogP contribution in [0.4, 0.5) is 19.0 Å². The molecule has 0 aliphatic carbocycles. The van der Waals surface area contributed by atoms with E-state index in [-0.39, 0.29) is 19.0 Å². The maximum absolute atomic E-state index is 13.2. The number of nitrogens with one attached hydrogen (secondary N) is 1. The Morgan fingerprint density at radius 1 is 1.14 bits per heavy atom. The molecule has 4 heterocycles. The number of nitrogens with zero attached hydrogens (tertiary/aromatic N) is 5. The van der Waals surface area contributed by atoms with Crippen LogP contribution in [0.3, 0.4) is 0 Å². The van der Waals surface area contributed by atoms with Crippen molar-refractivity contribution < 1.29 is 17.9 Å². The summed E-state index contributed by atoms with van der Waals surface area (Å²) in [6.45, 7) is 0.236. The van der Waals surface area contributed by atoms with Crippen molar-refractivity contribution in [2.24, 2.45) is 0 Å². The minimum absolute atomic E-state index is 0.110. The van der Waals surface area contributed by atoms with E-state index >= 15 is 0 Å². The Kier molecular flexibility index (Phi) is 4.59. The van der Waals surface area contributed by atoms with Gasteiger partial charge in [-0.15, -0.1) is 5.10 Å². The molecule has 1 fully saturated rings. The van der Waals surface area contributed by atoms with E-state index in [9.17, 15) is 18.0 Å². The third kappa shape index (κ3) is 3.48. The van der Waals surface area contributed by atoms with Crippen LogP contribution in [0.5, 0.6) is 0 Å². The number of hydrogen-bond acceptors (Lipinski definition) is 6. The van der Waals surface area contributed by atoms with Gasteiger partial charge in [-0.25, -0.2) is 14.3 Å². The predicted octanol–water partition coefficient (Wildman–Crippen LogP) is 1.89. The molecule has 3 aromatic heterocycles. The molecule has 0 aromatic carbocycles. The third-order valence-electron chi connectivity index (χ3n) is 4.35. The molecule has 8 nitrogen and oxygen atoms in total. The highest BCUT2D eigenvalue weighted by atomic mass is 19.4. The number of alkyl halides is 3.